The van der Waals surface area contributed by atoms with Crippen LogP contribution in [0, 0.1) is 12.8 Å². The molecule has 2 heterocycles. The van der Waals surface area contributed by atoms with Gasteiger partial charge in [-0.15, -0.1) is 0 Å². The Kier molecular flexibility index (Phi) is 5.79. The zero-order chi connectivity index (χ0) is 22.3. The standard InChI is InChI=1S/C23H30N4O4S/c1-15-6-7-18(21-25-23(31-26-21)17-8-9-17)14-20(15)32(29,30)27-12-10-16(11-13-27)22(28)24-19-4-2-3-5-19/h6-7,14,16-17,19H,2-5,8-13H2,1H3,(H,24,28). The Morgan fingerprint density at radius 3 is 2.50 bits per heavy atom. The quantitative estimate of drug-likeness (QED) is 0.711. The number of aromatic nitrogens is 2. The van der Waals surface area contributed by atoms with E-state index in [-0.39, 0.29) is 16.7 Å². The zero-order valence-electron chi connectivity index (χ0n) is 18.4. The molecule has 32 heavy (non-hydrogen) atoms. The minimum atomic E-state index is -3.68. The van der Waals surface area contributed by atoms with E-state index < -0.39 is 10.0 Å². The number of aryl methyl sites for hydroxylation is 1. The van der Waals surface area contributed by atoms with E-state index in [1.807, 2.05) is 6.07 Å². The van der Waals surface area contributed by atoms with Gasteiger partial charge in [0, 0.05) is 36.5 Å². The van der Waals surface area contributed by atoms with Gasteiger partial charge in [0.25, 0.3) is 0 Å². The van der Waals surface area contributed by atoms with Crippen LogP contribution >= 0.6 is 0 Å². The van der Waals surface area contributed by atoms with E-state index in [9.17, 15) is 13.2 Å². The second kappa shape index (κ2) is 8.59. The highest BCUT2D eigenvalue weighted by molar-refractivity contribution is 7.89. The molecule has 8 nitrogen and oxygen atoms in total. The summed E-state index contributed by atoms with van der Waals surface area (Å²) < 4.78 is 33.7. The van der Waals surface area contributed by atoms with Crippen molar-refractivity contribution in [3.05, 3.63) is 29.7 Å². The van der Waals surface area contributed by atoms with E-state index in [4.69, 9.17) is 4.52 Å². The maximum absolute atomic E-state index is 13.4. The minimum absolute atomic E-state index is 0.0794. The number of carbonyl (C=O) groups excluding carboxylic acids is 1. The van der Waals surface area contributed by atoms with E-state index in [2.05, 4.69) is 15.5 Å². The summed E-state index contributed by atoms with van der Waals surface area (Å²) >= 11 is 0. The maximum Gasteiger partial charge on any atom is 0.243 e. The van der Waals surface area contributed by atoms with Gasteiger partial charge < -0.3 is 9.84 Å². The van der Waals surface area contributed by atoms with Crippen LogP contribution in [0.3, 0.4) is 0 Å². The molecule has 0 bridgehead atoms. The lowest BCUT2D eigenvalue weighted by Crippen LogP contribution is -2.44. The van der Waals surface area contributed by atoms with Gasteiger partial charge in [-0.1, -0.05) is 30.1 Å². The fraction of sp³-hybridized carbons (Fsp3) is 0.609. The Morgan fingerprint density at radius 2 is 1.81 bits per heavy atom. The summed E-state index contributed by atoms with van der Waals surface area (Å²) in [5.41, 5.74) is 1.32. The van der Waals surface area contributed by atoms with Gasteiger partial charge in [0.15, 0.2) is 0 Å². The second-order valence-corrected chi connectivity index (χ2v) is 11.3. The lowest BCUT2D eigenvalue weighted by Gasteiger charge is -2.31. The Hall–Kier alpha value is -2.26. The van der Waals surface area contributed by atoms with Gasteiger partial charge in [-0.2, -0.15) is 9.29 Å². The van der Waals surface area contributed by atoms with Crippen molar-refractivity contribution in [2.45, 2.75) is 75.1 Å². The Balaban J connectivity index is 1.28. The van der Waals surface area contributed by atoms with Crippen LogP contribution in [-0.2, 0) is 14.8 Å². The van der Waals surface area contributed by atoms with Crippen molar-refractivity contribution < 1.29 is 17.7 Å². The molecule has 2 aliphatic carbocycles. The minimum Gasteiger partial charge on any atom is -0.353 e. The van der Waals surface area contributed by atoms with Crippen molar-refractivity contribution >= 4 is 15.9 Å². The van der Waals surface area contributed by atoms with E-state index in [0.717, 1.165) is 25.7 Å². The third kappa shape index (κ3) is 4.32. The average molecular weight is 459 g/mol. The Labute approximate surface area is 188 Å². The molecular weight excluding hydrogens is 428 g/mol. The first-order chi connectivity index (χ1) is 15.4. The van der Waals surface area contributed by atoms with Crippen molar-refractivity contribution in [3.8, 4) is 11.4 Å². The fourth-order valence-electron chi connectivity index (χ4n) is 4.75. The molecule has 0 unspecified atom stereocenters. The largest absolute Gasteiger partial charge is 0.353 e. The summed E-state index contributed by atoms with van der Waals surface area (Å²) in [6, 6.07) is 5.55. The third-order valence-corrected chi connectivity index (χ3v) is 9.00. The van der Waals surface area contributed by atoms with Gasteiger partial charge >= 0.3 is 0 Å². The van der Waals surface area contributed by atoms with E-state index >= 15 is 0 Å². The molecule has 5 rings (SSSR count). The second-order valence-electron chi connectivity index (χ2n) is 9.38. The molecule has 0 radical (unpaired) electrons. The van der Waals surface area contributed by atoms with Gasteiger partial charge in [-0.3, -0.25) is 4.79 Å². The molecule has 172 valence electrons. The third-order valence-electron chi connectivity index (χ3n) is 6.96. The SMILES string of the molecule is Cc1ccc(-c2noc(C3CC3)n2)cc1S(=O)(=O)N1CCC(C(=O)NC2CCCC2)CC1. The lowest BCUT2D eigenvalue weighted by molar-refractivity contribution is -0.126. The number of piperidine rings is 1. The van der Waals surface area contributed by atoms with Crippen LogP contribution in [0.4, 0.5) is 0 Å². The van der Waals surface area contributed by atoms with E-state index in [1.54, 1.807) is 19.1 Å². The number of benzene rings is 1. The van der Waals surface area contributed by atoms with Crippen LogP contribution in [0.2, 0.25) is 0 Å². The van der Waals surface area contributed by atoms with Gasteiger partial charge in [-0.25, -0.2) is 8.42 Å². The first kappa shape index (κ1) is 21.6. The van der Waals surface area contributed by atoms with Crippen LogP contribution in [0.25, 0.3) is 11.4 Å². The number of amides is 1. The molecule has 1 N–H and O–H groups in total. The lowest BCUT2D eigenvalue weighted by atomic mass is 9.97. The van der Waals surface area contributed by atoms with E-state index in [0.29, 0.717) is 60.7 Å². The van der Waals surface area contributed by atoms with Gasteiger partial charge in [0.2, 0.25) is 27.6 Å². The molecule has 0 atom stereocenters. The molecule has 1 aromatic heterocycles. The number of rotatable bonds is 6. The fourth-order valence-corrected chi connectivity index (χ4v) is 6.47. The predicted octanol–water partition coefficient (Wildman–Crippen LogP) is 3.38. The number of nitrogens with one attached hydrogen (secondary N) is 1. The zero-order valence-corrected chi connectivity index (χ0v) is 19.2. The van der Waals surface area contributed by atoms with Gasteiger partial charge in [-0.05, 0) is 57.1 Å². The molecular formula is C23H30N4O4S. The van der Waals surface area contributed by atoms with Crippen molar-refractivity contribution in [1.82, 2.24) is 19.8 Å². The van der Waals surface area contributed by atoms with Gasteiger partial charge in [0.1, 0.15) is 0 Å². The van der Waals surface area contributed by atoms with Crippen molar-refractivity contribution in [3.63, 3.8) is 0 Å². The highest BCUT2D eigenvalue weighted by atomic mass is 32.2. The van der Waals surface area contributed by atoms with Crippen LogP contribution < -0.4 is 5.32 Å². The molecule has 0 spiro atoms. The molecule has 1 amide bonds. The summed E-state index contributed by atoms with van der Waals surface area (Å²) in [5, 5.41) is 7.20. The number of sulfonamides is 1. The van der Waals surface area contributed by atoms with Crippen LogP contribution in [-0.4, -0.2) is 47.9 Å². The first-order valence-electron chi connectivity index (χ1n) is 11.7. The summed E-state index contributed by atoms with van der Waals surface area (Å²) in [5.74, 6) is 1.36. The topological polar surface area (TPSA) is 105 Å². The molecule has 3 fully saturated rings. The molecule has 2 aromatic rings. The smallest absolute Gasteiger partial charge is 0.243 e. The van der Waals surface area contributed by atoms with Crippen molar-refractivity contribution in [2.24, 2.45) is 5.92 Å². The highest BCUT2D eigenvalue weighted by Crippen LogP contribution is 2.39. The first-order valence-corrected chi connectivity index (χ1v) is 13.1. The number of hydrogen-bond donors (Lipinski definition) is 1. The molecule has 3 aliphatic rings. The summed E-state index contributed by atoms with van der Waals surface area (Å²) in [6.45, 7) is 2.50. The normalized spacial score (nSPS) is 21.2. The van der Waals surface area contributed by atoms with Crippen LogP contribution in [0.1, 0.15) is 68.7 Å². The Morgan fingerprint density at radius 1 is 1.09 bits per heavy atom. The summed E-state index contributed by atoms with van der Waals surface area (Å²) in [4.78, 5) is 17.3. The predicted molar refractivity (Wildman–Crippen MR) is 118 cm³/mol. The van der Waals surface area contributed by atoms with Crippen LogP contribution in [0.15, 0.2) is 27.6 Å². The van der Waals surface area contributed by atoms with Crippen LogP contribution in [0.5, 0.6) is 0 Å². The maximum atomic E-state index is 13.4. The molecule has 1 saturated heterocycles. The molecule has 9 heteroatoms. The molecule has 2 saturated carbocycles. The van der Waals surface area contributed by atoms with Gasteiger partial charge in [0.05, 0.1) is 4.90 Å². The Bertz CT molecular complexity index is 1090. The summed E-state index contributed by atoms with van der Waals surface area (Å²) in [7, 11) is -3.68. The van der Waals surface area contributed by atoms with Crippen molar-refractivity contribution in [1.29, 1.82) is 0 Å². The van der Waals surface area contributed by atoms with E-state index in [1.165, 1.54) is 17.1 Å². The van der Waals surface area contributed by atoms with Crippen molar-refractivity contribution in [2.75, 3.05) is 13.1 Å². The number of carbonyl (C=O) groups is 1. The summed E-state index contributed by atoms with van der Waals surface area (Å²) in [6.07, 6.45) is 7.66. The number of hydrogen-bond acceptors (Lipinski definition) is 6. The molecule has 1 aromatic carbocycles. The monoisotopic (exact) mass is 458 g/mol. The average Bonchev–Trinajstić information content (AvgIpc) is 3.29. The number of nitrogens with zero attached hydrogens (tertiary/aromatic N) is 3. The highest BCUT2D eigenvalue weighted by Gasteiger charge is 2.34. The molecule has 1 aliphatic heterocycles.